The SMILES string of the molecule is CCCN(Cc1ccccc1)C1CNC1. The number of nitrogens with zero attached hydrogens (tertiary/aromatic N) is 1. The summed E-state index contributed by atoms with van der Waals surface area (Å²) in [6, 6.07) is 11.5. The molecule has 0 saturated carbocycles. The molecule has 0 atom stereocenters. The fraction of sp³-hybridized carbons (Fsp3) is 0.538. The molecule has 1 aromatic rings. The van der Waals surface area contributed by atoms with Crippen LogP contribution in [-0.4, -0.2) is 30.6 Å². The molecule has 82 valence electrons. The van der Waals surface area contributed by atoms with Gasteiger partial charge >= 0.3 is 0 Å². The van der Waals surface area contributed by atoms with Crippen molar-refractivity contribution in [1.29, 1.82) is 0 Å². The molecule has 1 N–H and O–H groups in total. The van der Waals surface area contributed by atoms with Gasteiger partial charge in [-0.1, -0.05) is 37.3 Å². The van der Waals surface area contributed by atoms with Crippen LogP contribution in [0.25, 0.3) is 0 Å². The van der Waals surface area contributed by atoms with Gasteiger partial charge in [0.2, 0.25) is 0 Å². The van der Waals surface area contributed by atoms with Gasteiger partial charge in [-0.15, -0.1) is 0 Å². The summed E-state index contributed by atoms with van der Waals surface area (Å²) < 4.78 is 0. The Bertz CT molecular complexity index is 280. The van der Waals surface area contributed by atoms with E-state index in [9.17, 15) is 0 Å². The van der Waals surface area contributed by atoms with Gasteiger partial charge in [-0.2, -0.15) is 0 Å². The summed E-state index contributed by atoms with van der Waals surface area (Å²) in [5.41, 5.74) is 1.43. The van der Waals surface area contributed by atoms with Crippen molar-refractivity contribution in [1.82, 2.24) is 10.2 Å². The van der Waals surface area contributed by atoms with Crippen LogP contribution in [-0.2, 0) is 6.54 Å². The molecule has 1 saturated heterocycles. The number of nitrogens with one attached hydrogen (secondary N) is 1. The zero-order valence-electron chi connectivity index (χ0n) is 9.45. The van der Waals surface area contributed by atoms with E-state index in [-0.39, 0.29) is 0 Å². The first kappa shape index (κ1) is 10.7. The molecule has 0 aromatic heterocycles. The van der Waals surface area contributed by atoms with Crippen molar-refractivity contribution in [3.05, 3.63) is 35.9 Å². The van der Waals surface area contributed by atoms with Crippen LogP contribution < -0.4 is 5.32 Å². The molecule has 1 aromatic carbocycles. The van der Waals surface area contributed by atoms with E-state index < -0.39 is 0 Å². The van der Waals surface area contributed by atoms with Crippen molar-refractivity contribution in [2.24, 2.45) is 0 Å². The Morgan fingerprint density at radius 2 is 2.00 bits per heavy atom. The molecular weight excluding hydrogens is 184 g/mol. The summed E-state index contributed by atoms with van der Waals surface area (Å²) >= 11 is 0. The molecule has 15 heavy (non-hydrogen) atoms. The van der Waals surface area contributed by atoms with Crippen molar-refractivity contribution in [3.63, 3.8) is 0 Å². The van der Waals surface area contributed by atoms with Crippen molar-refractivity contribution < 1.29 is 0 Å². The van der Waals surface area contributed by atoms with E-state index in [1.54, 1.807) is 0 Å². The van der Waals surface area contributed by atoms with E-state index in [4.69, 9.17) is 0 Å². The molecule has 1 fully saturated rings. The molecule has 1 aliphatic heterocycles. The average Bonchev–Trinajstić information content (AvgIpc) is 2.17. The molecule has 2 nitrogen and oxygen atoms in total. The van der Waals surface area contributed by atoms with E-state index >= 15 is 0 Å². The highest BCUT2D eigenvalue weighted by molar-refractivity contribution is 5.14. The molecule has 2 rings (SSSR count). The lowest BCUT2D eigenvalue weighted by atomic mass is 10.1. The molecule has 0 aliphatic carbocycles. The molecule has 0 unspecified atom stereocenters. The lowest BCUT2D eigenvalue weighted by Crippen LogP contribution is -2.56. The Labute approximate surface area is 92.3 Å². The molecule has 0 amide bonds. The van der Waals surface area contributed by atoms with Crippen molar-refractivity contribution in [3.8, 4) is 0 Å². The summed E-state index contributed by atoms with van der Waals surface area (Å²) in [7, 11) is 0. The van der Waals surface area contributed by atoms with Gasteiger partial charge in [0, 0.05) is 25.7 Å². The maximum atomic E-state index is 3.34. The van der Waals surface area contributed by atoms with E-state index in [1.165, 1.54) is 18.5 Å². The third kappa shape index (κ3) is 2.80. The first-order chi connectivity index (χ1) is 7.40. The van der Waals surface area contributed by atoms with Gasteiger partial charge < -0.3 is 5.32 Å². The molecule has 0 spiro atoms. The average molecular weight is 204 g/mol. The number of benzene rings is 1. The van der Waals surface area contributed by atoms with Gasteiger partial charge in [-0.25, -0.2) is 0 Å². The van der Waals surface area contributed by atoms with Crippen molar-refractivity contribution in [2.75, 3.05) is 19.6 Å². The highest BCUT2D eigenvalue weighted by Gasteiger charge is 2.23. The predicted octanol–water partition coefficient (Wildman–Crippen LogP) is 1.87. The van der Waals surface area contributed by atoms with Crippen LogP contribution in [0.3, 0.4) is 0 Å². The lowest BCUT2D eigenvalue weighted by Gasteiger charge is -2.38. The molecule has 1 heterocycles. The monoisotopic (exact) mass is 204 g/mol. The standard InChI is InChI=1S/C13H20N2/c1-2-8-15(13-9-14-10-13)11-12-6-4-3-5-7-12/h3-7,13-14H,2,8-11H2,1H3. The number of hydrogen-bond donors (Lipinski definition) is 1. The summed E-state index contributed by atoms with van der Waals surface area (Å²) in [4.78, 5) is 2.59. The quantitative estimate of drug-likeness (QED) is 0.787. The Balaban J connectivity index is 1.93. The third-order valence-corrected chi connectivity index (χ3v) is 3.02. The highest BCUT2D eigenvalue weighted by atomic mass is 15.2. The fourth-order valence-corrected chi connectivity index (χ4v) is 2.03. The molecule has 2 heteroatoms. The summed E-state index contributed by atoms with van der Waals surface area (Å²) in [6.45, 7) is 6.88. The van der Waals surface area contributed by atoms with E-state index in [0.717, 1.165) is 25.7 Å². The van der Waals surface area contributed by atoms with Gasteiger partial charge in [-0.05, 0) is 18.5 Å². The van der Waals surface area contributed by atoms with E-state index in [2.05, 4.69) is 47.5 Å². The minimum atomic E-state index is 0.755. The second kappa shape index (κ2) is 5.29. The maximum absolute atomic E-state index is 3.34. The smallest absolute Gasteiger partial charge is 0.0348 e. The van der Waals surface area contributed by atoms with E-state index in [0.29, 0.717) is 0 Å². The Kier molecular flexibility index (Phi) is 3.75. The molecule has 1 aliphatic rings. The van der Waals surface area contributed by atoms with Gasteiger partial charge in [-0.3, -0.25) is 4.90 Å². The Morgan fingerprint density at radius 1 is 1.27 bits per heavy atom. The lowest BCUT2D eigenvalue weighted by molar-refractivity contribution is 0.138. The van der Waals surface area contributed by atoms with Gasteiger partial charge in [0.15, 0.2) is 0 Å². The molecule has 0 bridgehead atoms. The van der Waals surface area contributed by atoms with Gasteiger partial charge in [0.25, 0.3) is 0 Å². The first-order valence-electron chi connectivity index (χ1n) is 5.89. The fourth-order valence-electron chi connectivity index (χ4n) is 2.03. The minimum Gasteiger partial charge on any atom is -0.314 e. The molecular formula is C13H20N2. The Morgan fingerprint density at radius 3 is 2.53 bits per heavy atom. The second-order valence-electron chi connectivity index (χ2n) is 4.27. The minimum absolute atomic E-state index is 0.755. The van der Waals surface area contributed by atoms with Gasteiger partial charge in [0.1, 0.15) is 0 Å². The summed E-state index contributed by atoms with van der Waals surface area (Å²) in [5, 5.41) is 3.34. The van der Waals surface area contributed by atoms with Crippen LogP contribution in [0.4, 0.5) is 0 Å². The van der Waals surface area contributed by atoms with Crippen molar-refractivity contribution >= 4 is 0 Å². The first-order valence-corrected chi connectivity index (χ1v) is 5.89. The third-order valence-electron chi connectivity index (χ3n) is 3.02. The van der Waals surface area contributed by atoms with Crippen LogP contribution in [0.2, 0.25) is 0 Å². The summed E-state index contributed by atoms with van der Waals surface area (Å²) in [6.07, 6.45) is 1.24. The second-order valence-corrected chi connectivity index (χ2v) is 4.27. The molecule has 0 radical (unpaired) electrons. The van der Waals surface area contributed by atoms with Crippen LogP contribution in [0, 0.1) is 0 Å². The zero-order valence-corrected chi connectivity index (χ0v) is 9.45. The van der Waals surface area contributed by atoms with E-state index in [1.807, 2.05) is 0 Å². The van der Waals surface area contributed by atoms with Crippen molar-refractivity contribution in [2.45, 2.75) is 25.9 Å². The maximum Gasteiger partial charge on any atom is 0.0348 e. The zero-order chi connectivity index (χ0) is 10.5. The largest absolute Gasteiger partial charge is 0.314 e. The summed E-state index contributed by atoms with van der Waals surface area (Å²) in [5.74, 6) is 0. The topological polar surface area (TPSA) is 15.3 Å². The highest BCUT2D eigenvalue weighted by Crippen LogP contribution is 2.11. The van der Waals surface area contributed by atoms with Gasteiger partial charge in [0.05, 0.1) is 0 Å². The van der Waals surface area contributed by atoms with Crippen LogP contribution >= 0.6 is 0 Å². The number of hydrogen-bond acceptors (Lipinski definition) is 2. The van der Waals surface area contributed by atoms with Crippen LogP contribution in [0.15, 0.2) is 30.3 Å². The Hall–Kier alpha value is -0.860. The number of rotatable bonds is 5. The predicted molar refractivity (Wildman–Crippen MR) is 63.8 cm³/mol. The van der Waals surface area contributed by atoms with Crippen LogP contribution in [0.5, 0.6) is 0 Å². The normalized spacial score (nSPS) is 16.7. The van der Waals surface area contributed by atoms with Crippen LogP contribution in [0.1, 0.15) is 18.9 Å².